The van der Waals surface area contributed by atoms with Gasteiger partial charge in [-0.15, -0.1) is 5.10 Å². The molecule has 1 fully saturated rings. The van der Waals surface area contributed by atoms with Crippen LogP contribution >= 0.6 is 11.6 Å². The number of benzene rings is 1. The van der Waals surface area contributed by atoms with Crippen molar-refractivity contribution in [2.75, 3.05) is 18.8 Å². The number of hydrogen-bond donors (Lipinski definition) is 4. The fourth-order valence-corrected chi connectivity index (χ4v) is 2.99. The second-order valence-electron chi connectivity index (χ2n) is 5.56. The second-order valence-corrected chi connectivity index (χ2v) is 5.94. The summed E-state index contributed by atoms with van der Waals surface area (Å²) in [5.41, 5.74) is 7.07. The molecule has 8 heteroatoms. The first kappa shape index (κ1) is 15.8. The van der Waals surface area contributed by atoms with Gasteiger partial charge in [0.05, 0.1) is 5.02 Å². The van der Waals surface area contributed by atoms with Crippen LogP contribution in [-0.4, -0.2) is 34.2 Å². The molecule has 7 nitrogen and oxygen atoms in total. The van der Waals surface area contributed by atoms with Crippen LogP contribution in [-0.2, 0) is 11.3 Å². The van der Waals surface area contributed by atoms with Gasteiger partial charge >= 0.3 is 0 Å². The minimum absolute atomic E-state index is 0.0762. The highest BCUT2D eigenvalue weighted by molar-refractivity contribution is 6.34. The minimum atomic E-state index is 0.0762. The van der Waals surface area contributed by atoms with Crippen molar-refractivity contribution in [1.29, 1.82) is 0 Å². The zero-order valence-electron chi connectivity index (χ0n) is 12.6. The number of aromatic nitrogens is 3. The van der Waals surface area contributed by atoms with Crippen molar-refractivity contribution in [2.24, 2.45) is 5.92 Å². The number of hydrogen-bond acceptors (Lipinski definition) is 5. The molecule has 122 valence electrons. The van der Waals surface area contributed by atoms with Crippen LogP contribution in [0.1, 0.15) is 18.4 Å². The molecule has 0 bridgehead atoms. The van der Waals surface area contributed by atoms with Gasteiger partial charge in [0, 0.05) is 18.0 Å². The van der Waals surface area contributed by atoms with E-state index in [1.54, 1.807) is 0 Å². The van der Waals surface area contributed by atoms with Gasteiger partial charge in [-0.2, -0.15) is 4.98 Å². The van der Waals surface area contributed by atoms with Gasteiger partial charge < -0.3 is 16.4 Å². The van der Waals surface area contributed by atoms with Crippen molar-refractivity contribution < 1.29 is 4.79 Å². The molecule has 3 rings (SSSR count). The topological polar surface area (TPSA) is 109 Å². The molecule has 0 unspecified atom stereocenters. The van der Waals surface area contributed by atoms with Gasteiger partial charge in [0.2, 0.25) is 11.9 Å². The molecule has 0 radical (unpaired) electrons. The highest BCUT2D eigenvalue weighted by Crippen LogP contribution is 2.28. The number of amides is 1. The second kappa shape index (κ2) is 6.97. The van der Waals surface area contributed by atoms with Crippen molar-refractivity contribution in [3.8, 4) is 11.4 Å². The Balaban J connectivity index is 1.69. The summed E-state index contributed by atoms with van der Waals surface area (Å²) >= 11 is 6.43. The number of anilines is 1. The lowest BCUT2D eigenvalue weighted by atomic mass is 9.97. The maximum absolute atomic E-state index is 12.2. The van der Waals surface area contributed by atoms with Crippen molar-refractivity contribution in [3.63, 3.8) is 0 Å². The largest absolute Gasteiger partial charge is 0.366 e. The maximum atomic E-state index is 12.2. The predicted molar refractivity (Wildman–Crippen MR) is 88.7 cm³/mol. The van der Waals surface area contributed by atoms with Gasteiger partial charge in [0.1, 0.15) is 0 Å². The zero-order chi connectivity index (χ0) is 16.2. The first-order valence-corrected chi connectivity index (χ1v) is 7.97. The number of piperidine rings is 1. The third-order valence-corrected chi connectivity index (χ3v) is 4.45. The maximum Gasteiger partial charge on any atom is 0.239 e. The summed E-state index contributed by atoms with van der Waals surface area (Å²) in [6.45, 7) is 2.17. The van der Waals surface area contributed by atoms with Crippen LogP contribution in [0.3, 0.4) is 0 Å². The number of carbonyl (C=O) groups excluding carboxylic acids is 1. The van der Waals surface area contributed by atoms with Crippen LogP contribution < -0.4 is 16.4 Å². The molecule has 23 heavy (non-hydrogen) atoms. The summed E-state index contributed by atoms with van der Waals surface area (Å²) in [7, 11) is 0. The Kier molecular flexibility index (Phi) is 4.78. The van der Waals surface area contributed by atoms with Crippen LogP contribution in [0, 0.1) is 5.92 Å². The van der Waals surface area contributed by atoms with Gasteiger partial charge in [-0.1, -0.05) is 23.7 Å². The van der Waals surface area contributed by atoms with Crippen LogP contribution in [0.15, 0.2) is 18.2 Å². The van der Waals surface area contributed by atoms with Crippen molar-refractivity contribution in [2.45, 2.75) is 19.4 Å². The highest BCUT2D eigenvalue weighted by atomic mass is 35.5. The Morgan fingerprint density at radius 3 is 2.87 bits per heavy atom. The molecule has 1 saturated heterocycles. The average Bonchev–Trinajstić information content (AvgIpc) is 3.00. The summed E-state index contributed by atoms with van der Waals surface area (Å²) in [5, 5.41) is 13.3. The van der Waals surface area contributed by atoms with Gasteiger partial charge in [0.25, 0.3) is 0 Å². The predicted octanol–water partition coefficient (Wildman–Crippen LogP) is 1.32. The molecule has 1 aliphatic rings. The van der Waals surface area contributed by atoms with Crippen LogP contribution in [0.2, 0.25) is 5.02 Å². The number of H-pyrrole nitrogens is 1. The average molecular weight is 335 g/mol. The summed E-state index contributed by atoms with van der Waals surface area (Å²) in [6, 6.07) is 5.58. The van der Waals surface area contributed by atoms with Gasteiger partial charge in [0.15, 0.2) is 5.82 Å². The van der Waals surface area contributed by atoms with E-state index in [0.717, 1.165) is 31.5 Å². The number of carbonyl (C=O) groups is 1. The summed E-state index contributed by atoms with van der Waals surface area (Å²) in [6.07, 6.45) is 1.74. The lowest BCUT2D eigenvalue weighted by Crippen LogP contribution is -2.37. The fourth-order valence-electron chi connectivity index (χ4n) is 2.71. The van der Waals surface area contributed by atoms with E-state index < -0.39 is 0 Å². The Morgan fingerprint density at radius 1 is 1.39 bits per heavy atom. The van der Waals surface area contributed by atoms with Gasteiger partial charge in [-0.3, -0.25) is 9.89 Å². The van der Waals surface area contributed by atoms with Crippen molar-refractivity contribution in [1.82, 2.24) is 25.8 Å². The number of nitrogens with two attached hydrogens (primary N) is 1. The molecule has 1 amide bonds. The third-order valence-electron chi connectivity index (χ3n) is 4.00. The Morgan fingerprint density at radius 2 is 2.17 bits per heavy atom. The molecule has 1 aromatic heterocycles. The standard InChI is InChI=1S/C15H19ClN6O/c16-12-10(8-19-14(23)9-4-6-18-7-5-9)2-1-3-11(12)13-20-15(17)22-21-13/h1-3,9,18H,4-8H2,(H,19,23)(H3,17,20,21,22). The Hall–Kier alpha value is -2.12. The van der Waals surface area contributed by atoms with E-state index in [2.05, 4.69) is 25.8 Å². The minimum Gasteiger partial charge on any atom is -0.366 e. The molecular formula is C15H19ClN6O. The van der Waals surface area contributed by atoms with E-state index in [0.29, 0.717) is 23.0 Å². The molecule has 1 aromatic carbocycles. The molecule has 0 saturated carbocycles. The Labute approximate surface area is 139 Å². The van der Waals surface area contributed by atoms with Crippen LogP contribution in [0.25, 0.3) is 11.4 Å². The lowest BCUT2D eigenvalue weighted by Gasteiger charge is -2.22. The third kappa shape index (κ3) is 3.62. The first-order valence-electron chi connectivity index (χ1n) is 7.59. The van der Waals surface area contributed by atoms with Gasteiger partial charge in [-0.05, 0) is 37.6 Å². The summed E-state index contributed by atoms with van der Waals surface area (Å²) in [5.74, 6) is 0.837. The van der Waals surface area contributed by atoms with Crippen molar-refractivity contribution >= 4 is 23.5 Å². The van der Waals surface area contributed by atoms with Gasteiger partial charge in [-0.25, -0.2) is 0 Å². The van der Waals surface area contributed by atoms with E-state index in [4.69, 9.17) is 17.3 Å². The Bertz CT molecular complexity index is 695. The molecular weight excluding hydrogens is 316 g/mol. The van der Waals surface area contributed by atoms with E-state index in [-0.39, 0.29) is 17.8 Å². The van der Waals surface area contributed by atoms with E-state index in [1.807, 2.05) is 18.2 Å². The molecule has 2 aromatic rings. The molecule has 2 heterocycles. The molecule has 0 atom stereocenters. The number of halogens is 1. The summed E-state index contributed by atoms with van der Waals surface area (Å²) < 4.78 is 0. The smallest absolute Gasteiger partial charge is 0.239 e. The normalized spacial score (nSPS) is 15.5. The van der Waals surface area contributed by atoms with Crippen LogP contribution in [0.4, 0.5) is 5.95 Å². The summed E-state index contributed by atoms with van der Waals surface area (Å²) in [4.78, 5) is 16.3. The number of nitrogens with zero attached hydrogens (tertiary/aromatic N) is 2. The monoisotopic (exact) mass is 334 g/mol. The van der Waals surface area contributed by atoms with E-state index >= 15 is 0 Å². The number of rotatable bonds is 4. The fraction of sp³-hybridized carbons (Fsp3) is 0.400. The first-order chi connectivity index (χ1) is 11.1. The molecule has 0 aliphatic carbocycles. The highest BCUT2D eigenvalue weighted by Gasteiger charge is 2.21. The van der Waals surface area contributed by atoms with Crippen molar-refractivity contribution in [3.05, 3.63) is 28.8 Å². The number of nitrogens with one attached hydrogen (secondary N) is 3. The number of aromatic amines is 1. The molecule has 0 spiro atoms. The lowest BCUT2D eigenvalue weighted by molar-refractivity contribution is -0.125. The molecule has 5 N–H and O–H groups in total. The van der Waals surface area contributed by atoms with E-state index in [9.17, 15) is 4.79 Å². The quantitative estimate of drug-likeness (QED) is 0.674. The number of nitrogen functional groups attached to an aromatic ring is 1. The SMILES string of the molecule is Nc1n[nH]c(-c2cccc(CNC(=O)C3CCNCC3)c2Cl)n1. The molecule has 1 aliphatic heterocycles. The van der Waals surface area contributed by atoms with E-state index in [1.165, 1.54) is 0 Å². The zero-order valence-corrected chi connectivity index (χ0v) is 13.4. The van der Waals surface area contributed by atoms with Crippen LogP contribution in [0.5, 0.6) is 0 Å².